The number of rotatable bonds is 5. The van der Waals surface area contributed by atoms with Crippen LogP contribution in [0, 0.1) is 0 Å². The van der Waals surface area contributed by atoms with Gasteiger partial charge in [-0.2, -0.15) is 0 Å². The third-order valence-corrected chi connectivity index (χ3v) is 11.4. The van der Waals surface area contributed by atoms with Crippen LogP contribution in [0.2, 0.25) is 0 Å². The van der Waals surface area contributed by atoms with Gasteiger partial charge in [0.25, 0.3) is 5.91 Å². The summed E-state index contributed by atoms with van der Waals surface area (Å²) in [7, 11) is 0. The lowest BCUT2D eigenvalue weighted by Crippen LogP contribution is -2.48. The molecule has 19 heteroatoms. The van der Waals surface area contributed by atoms with E-state index < -0.39 is 5.97 Å². The first-order valence-electron chi connectivity index (χ1n) is 20.7. The highest BCUT2D eigenvalue weighted by molar-refractivity contribution is 6.06. The van der Waals surface area contributed by atoms with E-state index in [9.17, 15) is 24.3 Å². The summed E-state index contributed by atoms with van der Waals surface area (Å²) in [5, 5.41) is 17.8. The Morgan fingerprint density at radius 1 is 0.639 bits per heavy atom. The van der Waals surface area contributed by atoms with Crippen molar-refractivity contribution in [3.05, 3.63) is 84.4 Å². The molecule has 6 aliphatic rings. The number of carboxylic acid groups (broad SMARTS) is 1. The summed E-state index contributed by atoms with van der Waals surface area (Å²) in [6.45, 7) is 6.19. The molecule has 4 aromatic rings. The molecule has 0 unspecified atom stereocenters. The number of hydrogen-bond donors (Lipinski definition) is 5. The van der Waals surface area contributed by atoms with Crippen molar-refractivity contribution in [1.82, 2.24) is 25.3 Å². The third kappa shape index (κ3) is 9.64. The second-order valence-electron chi connectivity index (χ2n) is 15.5. The van der Waals surface area contributed by atoms with E-state index in [1.807, 2.05) is 12.1 Å². The summed E-state index contributed by atoms with van der Waals surface area (Å²) in [6.07, 6.45) is 8.58. The molecule has 4 fully saturated rings. The zero-order chi connectivity index (χ0) is 42.3. The summed E-state index contributed by atoms with van der Waals surface area (Å²) < 4.78 is 10.4. The number of amides is 5. The molecule has 19 nitrogen and oxygen atoms in total. The topological polar surface area (TPSA) is 234 Å². The maximum Gasteiger partial charge on any atom is 0.354 e. The monoisotopic (exact) mass is 834 g/mol. The molecule has 0 spiro atoms. The summed E-state index contributed by atoms with van der Waals surface area (Å²) in [4.78, 5) is 74.6. The van der Waals surface area contributed by atoms with Crippen molar-refractivity contribution in [2.24, 2.45) is 5.73 Å². The van der Waals surface area contributed by atoms with Crippen molar-refractivity contribution in [2.45, 2.75) is 62.7 Å². The number of aromatic nitrogens is 4. The zero-order valence-electron chi connectivity index (χ0n) is 33.7. The lowest BCUT2D eigenvalue weighted by Gasteiger charge is -2.35. The van der Waals surface area contributed by atoms with E-state index in [0.29, 0.717) is 48.2 Å². The quantitative estimate of drug-likeness (QED) is 0.192. The van der Waals surface area contributed by atoms with E-state index in [0.717, 1.165) is 89.3 Å². The molecule has 61 heavy (non-hydrogen) atoms. The van der Waals surface area contributed by atoms with Crippen LogP contribution in [-0.2, 0) is 9.47 Å². The van der Waals surface area contributed by atoms with E-state index >= 15 is 0 Å². The molecule has 10 rings (SSSR count). The maximum absolute atomic E-state index is 13.1. The molecule has 320 valence electrons. The molecule has 0 saturated carbocycles. The number of anilines is 6. The van der Waals surface area contributed by atoms with Gasteiger partial charge in [0.1, 0.15) is 17.3 Å². The number of carbonyl (C=O) groups excluding carboxylic acids is 3. The number of carbonyl (C=O) groups is 4. The number of aromatic carboxylic acids is 1. The van der Waals surface area contributed by atoms with Crippen LogP contribution in [0.15, 0.2) is 73.1 Å². The fourth-order valence-corrected chi connectivity index (χ4v) is 8.22. The number of ether oxygens (including phenoxy) is 2. The molecule has 0 aliphatic carbocycles. The Morgan fingerprint density at radius 2 is 1.13 bits per heavy atom. The Morgan fingerprint density at radius 3 is 1.59 bits per heavy atom. The lowest BCUT2D eigenvalue weighted by atomic mass is 10.1. The van der Waals surface area contributed by atoms with Gasteiger partial charge >= 0.3 is 18.0 Å². The molecular weight excluding hydrogens is 785 g/mol. The zero-order valence-corrected chi connectivity index (χ0v) is 33.7. The van der Waals surface area contributed by atoms with Gasteiger partial charge in [0.15, 0.2) is 17.3 Å². The SMILES string of the molecule is NC1CCOCC1.O=C(NC1CCOCC1)c1ccc2c(n1)N(C(=O)Nc1ccccn1)[C@H]1CCN2C1.O=C(O)c1ccc2c(n1)N(C(=O)Nc1ccccn1)[C@H]1CCN2C1. The molecule has 4 bridgehead atoms. The molecule has 6 N–H and O–H groups in total. The Hall–Kier alpha value is -6.44. The van der Waals surface area contributed by atoms with Crippen LogP contribution in [0.25, 0.3) is 0 Å². The average Bonchev–Trinajstić information content (AvgIpc) is 3.90. The van der Waals surface area contributed by atoms with Crippen LogP contribution in [0.3, 0.4) is 0 Å². The minimum absolute atomic E-state index is 0.0162. The van der Waals surface area contributed by atoms with Gasteiger partial charge in [-0.05, 0) is 87.1 Å². The number of carboxylic acids is 1. The van der Waals surface area contributed by atoms with E-state index in [-0.39, 0.29) is 41.8 Å². The molecule has 0 radical (unpaired) electrons. The van der Waals surface area contributed by atoms with Crippen molar-refractivity contribution in [1.29, 1.82) is 0 Å². The molecule has 4 aromatic heterocycles. The fraction of sp³-hybridized carbons (Fsp3) is 0.429. The predicted molar refractivity (Wildman–Crippen MR) is 227 cm³/mol. The minimum Gasteiger partial charge on any atom is -0.477 e. The first-order chi connectivity index (χ1) is 29.7. The highest BCUT2D eigenvalue weighted by Gasteiger charge is 2.42. The second-order valence-corrected chi connectivity index (χ2v) is 15.5. The summed E-state index contributed by atoms with van der Waals surface area (Å²) >= 11 is 0. The van der Waals surface area contributed by atoms with Gasteiger partial charge in [-0.1, -0.05) is 12.1 Å². The van der Waals surface area contributed by atoms with Gasteiger partial charge in [0, 0.05) is 77.1 Å². The van der Waals surface area contributed by atoms with Crippen molar-refractivity contribution in [2.75, 3.05) is 82.8 Å². The molecule has 2 atom stereocenters. The van der Waals surface area contributed by atoms with Crippen LogP contribution >= 0.6 is 0 Å². The summed E-state index contributed by atoms with van der Waals surface area (Å²) in [5.74, 6) is 0.504. The van der Waals surface area contributed by atoms with Gasteiger partial charge < -0.3 is 35.4 Å². The number of pyridine rings is 4. The first kappa shape index (κ1) is 41.3. The first-order valence-corrected chi connectivity index (χ1v) is 20.7. The number of fused-ring (bicyclic) bond motifs is 8. The Labute approximate surface area is 352 Å². The van der Waals surface area contributed by atoms with Crippen molar-refractivity contribution in [3.63, 3.8) is 0 Å². The normalized spacial score (nSPS) is 20.2. The van der Waals surface area contributed by atoms with Gasteiger partial charge in [-0.25, -0.2) is 34.3 Å². The standard InChI is InChI=1S/C21H24N6O3.C16H15N5O3.C5H11NO/c28-20(23-14-7-11-30-12-8-14)16-4-5-17-19(24-16)27(15-6-10-26(17)13-15)21(29)25-18-3-1-2-9-22-18;22-15(23)11-4-5-12-14(18-11)21(10-6-8-20(12)9-10)16(24)19-13-3-1-2-7-17-13;6-5-1-3-7-4-2-5/h1-5,9,14-15H,6-8,10-13H2,(H,23,28)(H,22,25,29);1-5,7,10H,6,8-9H2,(H,22,23)(H,17,19,24);5H,1-4,6H2/t15-;10-;/m00./s1. The lowest BCUT2D eigenvalue weighted by molar-refractivity contribution is 0.0683. The van der Waals surface area contributed by atoms with Crippen LogP contribution < -0.4 is 41.3 Å². The fourth-order valence-electron chi connectivity index (χ4n) is 8.22. The molecule has 10 heterocycles. The van der Waals surface area contributed by atoms with E-state index in [4.69, 9.17) is 15.2 Å². The minimum atomic E-state index is -1.11. The Kier molecular flexibility index (Phi) is 12.8. The van der Waals surface area contributed by atoms with Gasteiger partial charge in [0.05, 0.1) is 23.5 Å². The van der Waals surface area contributed by atoms with E-state index in [1.165, 1.54) is 6.07 Å². The van der Waals surface area contributed by atoms with Crippen molar-refractivity contribution >= 4 is 58.6 Å². The summed E-state index contributed by atoms with van der Waals surface area (Å²) in [6, 6.07) is 17.3. The number of nitrogens with one attached hydrogen (secondary N) is 3. The second kappa shape index (κ2) is 18.9. The van der Waals surface area contributed by atoms with E-state index in [1.54, 1.807) is 64.7 Å². The molecule has 5 amide bonds. The van der Waals surface area contributed by atoms with E-state index in [2.05, 4.69) is 45.7 Å². The predicted octanol–water partition coefficient (Wildman–Crippen LogP) is 3.95. The number of nitrogens with two attached hydrogens (primary N) is 1. The van der Waals surface area contributed by atoms with Gasteiger partial charge in [-0.3, -0.25) is 25.2 Å². The van der Waals surface area contributed by atoms with Crippen LogP contribution in [0.4, 0.5) is 44.2 Å². The van der Waals surface area contributed by atoms with Gasteiger partial charge in [0.2, 0.25) is 0 Å². The van der Waals surface area contributed by atoms with Crippen molar-refractivity contribution in [3.8, 4) is 0 Å². The number of nitrogens with zero attached hydrogens (tertiary/aromatic N) is 8. The maximum atomic E-state index is 13.1. The third-order valence-electron chi connectivity index (χ3n) is 11.4. The largest absolute Gasteiger partial charge is 0.477 e. The molecule has 4 saturated heterocycles. The highest BCUT2D eigenvalue weighted by atomic mass is 16.5. The number of hydrogen-bond acceptors (Lipinski definition) is 13. The molecule has 0 aromatic carbocycles. The van der Waals surface area contributed by atoms with Crippen LogP contribution in [0.5, 0.6) is 0 Å². The summed E-state index contributed by atoms with van der Waals surface area (Å²) in [5.41, 5.74) is 7.46. The van der Waals surface area contributed by atoms with Crippen LogP contribution in [-0.4, -0.2) is 126 Å². The Balaban J connectivity index is 0.000000148. The highest BCUT2D eigenvalue weighted by Crippen LogP contribution is 2.40. The average molecular weight is 835 g/mol. The molecule has 6 aliphatic heterocycles. The van der Waals surface area contributed by atoms with Crippen LogP contribution in [0.1, 0.15) is 59.5 Å². The van der Waals surface area contributed by atoms with Gasteiger partial charge in [-0.15, -0.1) is 0 Å². The Bertz CT molecular complexity index is 2190. The number of urea groups is 2. The van der Waals surface area contributed by atoms with Crippen molar-refractivity contribution < 1.29 is 33.8 Å². The smallest absolute Gasteiger partial charge is 0.354 e. The molecular formula is C42H50N12O7.